The molecule has 2 unspecified atom stereocenters. The lowest BCUT2D eigenvalue weighted by Crippen LogP contribution is -2.55. The summed E-state index contributed by atoms with van der Waals surface area (Å²) in [6.45, 7) is 1.46. The number of halogens is 2. The Morgan fingerprint density at radius 3 is 2.44 bits per heavy atom. The Kier molecular flexibility index (Phi) is 9.80. The van der Waals surface area contributed by atoms with Gasteiger partial charge in [0.15, 0.2) is 17.1 Å². The van der Waals surface area contributed by atoms with E-state index in [0.29, 0.717) is 35.8 Å². The van der Waals surface area contributed by atoms with Gasteiger partial charge in [-0.2, -0.15) is 0 Å². The Morgan fingerprint density at radius 1 is 1.14 bits per heavy atom. The van der Waals surface area contributed by atoms with Gasteiger partial charge in [-0.15, -0.1) is 0 Å². The van der Waals surface area contributed by atoms with Crippen LogP contribution in [0.5, 0.6) is 17.2 Å². The number of nitrogens with one attached hydrogen (secondary N) is 1. The van der Waals surface area contributed by atoms with Gasteiger partial charge in [-0.3, -0.25) is 9.59 Å². The largest absolute Gasteiger partial charge is 0.493 e. The van der Waals surface area contributed by atoms with Gasteiger partial charge in [0, 0.05) is 30.2 Å². The van der Waals surface area contributed by atoms with Gasteiger partial charge >= 0.3 is 5.97 Å². The highest BCUT2D eigenvalue weighted by Gasteiger charge is 2.50. The summed E-state index contributed by atoms with van der Waals surface area (Å²) in [6.07, 6.45) is 2.15. The summed E-state index contributed by atoms with van der Waals surface area (Å²) in [5, 5.41) is 6.66. The van der Waals surface area contributed by atoms with Crippen molar-refractivity contribution in [3.05, 3.63) is 52.5 Å². The molecule has 1 heterocycles. The molecule has 230 valence electrons. The standard InChI is InChI=1S/C30H33ClFN3O8/c1-16-24(26(35-43-16)25-19(31)9-7-10-20(25)32)28(37)42-30(29(33)38)13-6-5-8-17(30)11-12-23(36)34-18-14-21(39-2)27(41-4)22(15-18)40-3/h7,9-10,14-15,17H,5-6,8,11-13H2,1-4H3,(H2,33,38)(H,34,36). The number of esters is 1. The maximum atomic E-state index is 14.7. The van der Waals surface area contributed by atoms with Gasteiger partial charge in [-0.25, -0.2) is 9.18 Å². The number of hydrogen-bond donors (Lipinski definition) is 2. The number of amides is 2. The van der Waals surface area contributed by atoms with Crippen molar-refractivity contribution in [1.82, 2.24) is 5.16 Å². The van der Waals surface area contributed by atoms with Crippen LogP contribution in [0.15, 0.2) is 34.9 Å². The second-order valence-electron chi connectivity index (χ2n) is 10.1. The van der Waals surface area contributed by atoms with Gasteiger partial charge in [0.05, 0.1) is 31.9 Å². The average molecular weight is 618 g/mol. The lowest BCUT2D eigenvalue weighted by atomic mass is 9.72. The van der Waals surface area contributed by atoms with E-state index in [-0.39, 0.29) is 52.8 Å². The van der Waals surface area contributed by atoms with E-state index >= 15 is 0 Å². The van der Waals surface area contributed by atoms with Crippen LogP contribution in [0.3, 0.4) is 0 Å². The molecule has 0 spiro atoms. The van der Waals surface area contributed by atoms with Crippen molar-refractivity contribution in [3.63, 3.8) is 0 Å². The van der Waals surface area contributed by atoms with Crippen LogP contribution in [-0.2, 0) is 14.3 Å². The van der Waals surface area contributed by atoms with E-state index < -0.39 is 29.2 Å². The Morgan fingerprint density at radius 2 is 1.84 bits per heavy atom. The molecule has 3 aromatic rings. The molecule has 1 aromatic heterocycles. The van der Waals surface area contributed by atoms with Gasteiger partial charge in [0.2, 0.25) is 11.7 Å². The zero-order chi connectivity index (χ0) is 31.3. The lowest BCUT2D eigenvalue weighted by molar-refractivity contribution is -0.149. The molecule has 0 aliphatic heterocycles. The van der Waals surface area contributed by atoms with Gasteiger partial charge in [0.1, 0.15) is 22.8 Å². The second-order valence-corrected chi connectivity index (χ2v) is 10.6. The molecular weight excluding hydrogens is 585 g/mol. The highest BCUT2D eigenvalue weighted by Crippen LogP contribution is 2.43. The number of benzene rings is 2. The summed E-state index contributed by atoms with van der Waals surface area (Å²) in [6, 6.07) is 7.22. The van der Waals surface area contributed by atoms with Crippen molar-refractivity contribution in [2.75, 3.05) is 26.6 Å². The number of methoxy groups -OCH3 is 3. The minimum atomic E-state index is -1.71. The number of primary amides is 1. The number of anilines is 1. The first kappa shape index (κ1) is 31.6. The molecule has 1 fully saturated rings. The van der Waals surface area contributed by atoms with Crippen molar-refractivity contribution in [2.24, 2.45) is 11.7 Å². The fraction of sp³-hybridized carbons (Fsp3) is 0.400. The second kappa shape index (κ2) is 13.3. The van der Waals surface area contributed by atoms with E-state index in [1.807, 2.05) is 0 Å². The molecule has 0 saturated heterocycles. The molecule has 2 amide bonds. The number of ether oxygens (including phenoxy) is 4. The topological polar surface area (TPSA) is 152 Å². The minimum Gasteiger partial charge on any atom is -0.493 e. The Labute approximate surface area is 252 Å². The predicted molar refractivity (Wildman–Crippen MR) is 155 cm³/mol. The third-order valence-electron chi connectivity index (χ3n) is 7.64. The van der Waals surface area contributed by atoms with E-state index in [2.05, 4.69) is 10.5 Å². The van der Waals surface area contributed by atoms with Crippen LogP contribution in [0.1, 0.15) is 54.6 Å². The molecule has 0 radical (unpaired) electrons. The number of carbonyl (C=O) groups excluding carboxylic acids is 3. The lowest BCUT2D eigenvalue weighted by Gasteiger charge is -2.41. The van der Waals surface area contributed by atoms with E-state index in [0.717, 1.165) is 6.42 Å². The number of nitrogens with two attached hydrogens (primary N) is 1. The minimum absolute atomic E-state index is 0.00369. The van der Waals surface area contributed by atoms with Crippen LogP contribution >= 0.6 is 11.6 Å². The zero-order valence-electron chi connectivity index (χ0n) is 24.3. The number of nitrogens with zero attached hydrogens (tertiary/aromatic N) is 1. The normalized spacial score (nSPS) is 18.0. The first-order valence-electron chi connectivity index (χ1n) is 13.6. The fourth-order valence-electron chi connectivity index (χ4n) is 5.51. The van der Waals surface area contributed by atoms with Crippen LogP contribution in [0.4, 0.5) is 10.1 Å². The van der Waals surface area contributed by atoms with Crippen LogP contribution in [0, 0.1) is 18.7 Å². The first-order valence-corrected chi connectivity index (χ1v) is 14.0. The number of carbonyl (C=O) groups is 3. The molecule has 11 nitrogen and oxygen atoms in total. The average Bonchev–Trinajstić information content (AvgIpc) is 3.36. The SMILES string of the molecule is COc1cc(NC(=O)CCC2CCCCC2(OC(=O)c2c(-c3c(F)cccc3Cl)noc2C)C(N)=O)cc(OC)c1OC. The Hall–Kier alpha value is -4.32. The fourth-order valence-corrected chi connectivity index (χ4v) is 5.76. The van der Waals surface area contributed by atoms with Gasteiger partial charge in [0.25, 0.3) is 5.91 Å². The third-order valence-corrected chi connectivity index (χ3v) is 7.95. The summed E-state index contributed by atoms with van der Waals surface area (Å²) in [4.78, 5) is 39.6. The van der Waals surface area contributed by atoms with Crippen LogP contribution in [0.2, 0.25) is 5.02 Å². The van der Waals surface area contributed by atoms with Gasteiger partial charge in [-0.05, 0) is 44.7 Å². The van der Waals surface area contributed by atoms with Gasteiger partial charge < -0.3 is 34.5 Å². The molecular formula is C30H33ClFN3O8. The summed E-state index contributed by atoms with van der Waals surface area (Å²) >= 11 is 6.21. The number of aromatic nitrogens is 1. The monoisotopic (exact) mass is 617 g/mol. The number of rotatable bonds is 11. The molecule has 0 bridgehead atoms. The maximum Gasteiger partial charge on any atom is 0.345 e. The smallest absolute Gasteiger partial charge is 0.345 e. The molecule has 13 heteroatoms. The number of aryl methyl sites for hydroxylation is 1. The summed E-state index contributed by atoms with van der Waals surface area (Å²) in [5.41, 5.74) is 4.13. The van der Waals surface area contributed by atoms with Crippen molar-refractivity contribution < 1.29 is 42.2 Å². The van der Waals surface area contributed by atoms with E-state index in [4.69, 9.17) is 40.8 Å². The summed E-state index contributed by atoms with van der Waals surface area (Å²) in [5.74, 6) is -2.26. The van der Waals surface area contributed by atoms with E-state index in [1.54, 1.807) is 12.1 Å². The highest BCUT2D eigenvalue weighted by atomic mass is 35.5. The zero-order valence-corrected chi connectivity index (χ0v) is 25.0. The predicted octanol–water partition coefficient (Wildman–Crippen LogP) is 5.46. The Bertz CT molecular complexity index is 1480. The van der Waals surface area contributed by atoms with Gasteiger partial charge in [-0.1, -0.05) is 29.2 Å². The molecule has 2 aromatic carbocycles. The van der Waals surface area contributed by atoms with Crippen molar-refractivity contribution in [1.29, 1.82) is 0 Å². The van der Waals surface area contributed by atoms with Crippen molar-refractivity contribution in [2.45, 2.75) is 51.0 Å². The van der Waals surface area contributed by atoms with Crippen LogP contribution in [-0.4, -0.2) is 49.9 Å². The quantitative estimate of drug-likeness (QED) is 0.267. The summed E-state index contributed by atoms with van der Waals surface area (Å²) < 4.78 is 41.8. The molecule has 3 N–H and O–H groups in total. The highest BCUT2D eigenvalue weighted by molar-refractivity contribution is 6.33. The van der Waals surface area contributed by atoms with Crippen LogP contribution in [0.25, 0.3) is 11.3 Å². The molecule has 1 aliphatic rings. The first-order chi connectivity index (χ1) is 20.6. The van der Waals surface area contributed by atoms with E-state index in [9.17, 15) is 18.8 Å². The number of hydrogen-bond acceptors (Lipinski definition) is 9. The van der Waals surface area contributed by atoms with E-state index in [1.165, 1.54) is 46.5 Å². The molecule has 43 heavy (non-hydrogen) atoms. The molecule has 2 atom stereocenters. The van der Waals surface area contributed by atoms with Crippen molar-refractivity contribution in [3.8, 4) is 28.5 Å². The van der Waals surface area contributed by atoms with Crippen LogP contribution < -0.4 is 25.3 Å². The third kappa shape index (κ3) is 6.38. The molecule has 1 aliphatic carbocycles. The maximum absolute atomic E-state index is 14.7. The molecule has 4 rings (SSSR count). The molecule has 1 saturated carbocycles. The van der Waals surface area contributed by atoms with Crippen molar-refractivity contribution >= 4 is 35.1 Å². The Balaban J connectivity index is 1.55. The summed E-state index contributed by atoms with van der Waals surface area (Å²) in [7, 11) is 4.40.